The molecule has 2 fully saturated rings. The van der Waals surface area contributed by atoms with Crippen molar-refractivity contribution >= 4 is 28.4 Å². The third-order valence-electron chi connectivity index (χ3n) is 10.0. The number of anilines is 3. The predicted molar refractivity (Wildman–Crippen MR) is 188 cm³/mol. The topological polar surface area (TPSA) is 145 Å². The molecule has 2 saturated heterocycles. The van der Waals surface area contributed by atoms with Gasteiger partial charge < -0.3 is 30.4 Å². The summed E-state index contributed by atoms with van der Waals surface area (Å²) in [5.41, 5.74) is 2.63. The molecule has 0 radical (unpaired) electrons. The lowest BCUT2D eigenvalue weighted by molar-refractivity contribution is 0.0734. The monoisotopic (exact) mass is 656 g/mol. The highest BCUT2D eigenvalue weighted by atomic mass is 16.3. The summed E-state index contributed by atoms with van der Waals surface area (Å²) in [6, 6.07) is 9.18. The smallest absolute Gasteiger partial charge is 0.278 e. The Labute approximate surface area is 281 Å². The zero-order valence-corrected chi connectivity index (χ0v) is 28.3. The van der Waals surface area contributed by atoms with E-state index in [0.29, 0.717) is 17.0 Å². The lowest BCUT2D eigenvalue weighted by atomic mass is 9.71. The lowest BCUT2D eigenvalue weighted by Gasteiger charge is -2.47. The number of aryl methyl sites for hydroxylation is 1. The van der Waals surface area contributed by atoms with Crippen LogP contribution in [0.4, 0.5) is 17.3 Å². The standard InChI is InChI=1S/C36H48N8O4/c1-5-15-43-33(47)28-24-37-34(40-32(28)44(43)31-23-27(46)22-30(39-31)35(2,3)48)38-26-9-10-29(25(21-26)8-6-7-20-45)42-18-13-36(14-19-42)11-16-41(4)17-12-36/h5,9-10,21-24,45,48H,1,6-8,11-20H2,2-4H3,(H,39,46)(H,37,38,40). The van der Waals surface area contributed by atoms with Crippen molar-refractivity contribution in [2.24, 2.45) is 5.41 Å². The van der Waals surface area contributed by atoms with E-state index in [9.17, 15) is 20.1 Å². The average Bonchev–Trinajstić information content (AvgIpc) is 3.33. The number of hydrogen-bond donors (Lipinski definition) is 4. The number of unbranched alkanes of at least 4 members (excludes halogenated alkanes) is 1. The molecule has 2 aliphatic rings. The van der Waals surface area contributed by atoms with Crippen LogP contribution in [0.1, 0.15) is 63.6 Å². The minimum absolute atomic E-state index is 0.104. The number of aliphatic hydroxyl groups is 2. The van der Waals surface area contributed by atoms with E-state index in [1.165, 1.54) is 77.7 Å². The van der Waals surface area contributed by atoms with Gasteiger partial charge in [0.25, 0.3) is 5.56 Å². The fourth-order valence-corrected chi connectivity index (χ4v) is 7.08. The maximum Gasteiger partial charge on any atom is 0.278 e. The maximum absolute atomic E-state index is 13.4. The first-order valence-corrected chi connectivity index (χ1v) is 17.0. The number of aromatic nitrogens is 5. The van der Waals surface area contributed by atoms with Crippen LogP contribution in [0.2, 0.25) is 0 Å². The number of benzene rings is 1. The van der Waals surface area contributed by atoms with Gasteiger partial charge in [0.05, 0.1) is 12.2 Å². The molecule has 0 atom stereocenters. The molecule has 0 unspecified atom stereocenters. The number of allylic oxidation sites excluding steroid dienone is 1. The van der Waals surface area contributed by atoms with Crippen molar-refractivity contribution in [3.63, 3.8) is 0 Å². The van der Waals surface area contributed by atoms with E-state index in [-0.39, 0.29) is 41.4 Å². The Morgan fingerprint density at radius 3 is 2.46 bits per heavy atom. The molecule has 12 heteroatoms. The number of pyridine rings is 1. The quantitative estimate of drug-likeness (QED) is 0.135. The number of aliphatic hydroxyl groups excluding tert-OH is 1. The summed E-state index contributed by atoms with van der Waals surface area (Å²) in [5, 5.41) is 34.3. The van der Waals surface area contributed by atoms with Crippen molar-refractivity contribution in [3.8, 4) is 11.6 Å². The fraction of sp³-hybridized carbons (Fsp3) is 0.500. The SMILES string of the molecule is C=CCn1c(=O)c2cnc(Nc3ccc(N4CCC5(CCN(C)CC5)CC4)c(CCCCO)c3)nc2n1-c1cc(O)cc(C(C)(C)O)n1. The number of likely N-dealkylation sites (tertiary alicyclic amines) is 1. The molecule has 6 rings (SSSR count). The van der Waals surface area contributed by atoms with Crippen LogP contribution in [-0.4, -0.2) is 84.4 Å². The molecule has 12 nitrogen and oxygen atoms in total. The van der Waals surface area contributed by atoms with E-state index in [4.69, 9.17) is 4.98 Å². The molecule has 3 aromatic heterocycles. The number of hydrogen-bond acceptors (Lipinski definition) is 10. The Hall–Kier alpha value is -4.26. The van der Waals surface area contributed by atoms with Gasteiger partial charge in [0.1, 0.15) is 16.7 Å². The van der Waals surface area contributed by atoms with Crippen LogP contribution in [0.25, 0.3) is 16.9 Å². The molecule has 4 aromatic rings. The summed E-state index contributed by atoms with van der Waals surface area (Å²) in [4.78, 5) is 32.2. The highest BCUT2D eigenvalue weighted by Gasteiger charge is 2.37. The summed E-state index contributed by atoms with van der Waals surface area (Å²) in [5.74, 6) is 0.420. The van der Waals surface area contributed by atoms with Gasteiger partial charge in [0.2, 0.25) is 5.95 Å². The Bertz CT molecular complexity index is 1820. The second kappa shape index (κ2) is 13.7. The molecule has 4 N–H and O–H groups in total. The summed E-state index contributed by atoms with van der Waals surface area (Å²) < 4.78 is 2.95. The fourth-order valence-electron chi connectivity index (χ4n) is 7.08. The highest BCUT2D eigenvalue weighted by molar-refractivity contribution is 5.77. The third-order valence-corrected chi connectivity index (χ3v) is 10.0. The molecule has 256 valence electrons. The minimum atomic E-state index is -1.33. The first-order valence-electron chi connectivity index (χ1n) is 17.0. The Balaban J connectivity index is 1.32. The number of aromatic hydroxyl groups is 1. The van der Waals surface area contributed by atoms with Gasteiger partial charge >= 0.3 is 0 Å². The van der Waals surface area contributed by atoms with Crippen molar-refractivity contribution < 1.29 is 15.3 Å². The summed E-state index contributed by atoms with van der Waals surface area (Å²) in [6.45, 7) is 11.7. The van der Waals surface area contributed by atoms with Crippen LogP contribution in [-0.2, 0) is 18.6 Å². The number of piperidine rings is 2. The molecule has 0 bridgehead atoms. The van der Waals surface area contributed by atoms with Gasteiger partial charge in [0, 0.05) is 49.4 Å². The molecular weight excluding hydrogens is 608 g/mol. The molecule has 5 heterocycles. The Kier molecular flexibility index (Phi) is 9.60. The molecule has 0 aliphatic carbocycles. The molecule has 1 spiro atoms. The predicted octanol–water partition coefficient (Wildman–Crippen LogP) is 4.47. The molecule has 0 amide bonds. The first-order chi connectivity index (χ1) is 23.0. The van der Waals surface area contributed by atoms with Gasteiger partial charge in [-0.25, -0.2) is 19.3 Å². The second-order valence-electron chi connectivity index (χ2n) is 14.0. The molecule has 0 saturated carbocycles. The zero-order valence-electron chi connectivity index (χ0n) is 28.3. The van der Waals surface area contributed by atoms with E-state index < -0.39 is 5.60 Å². The number of rotatable bonds is 11. The Morgan fingerprint density at radius 2 is 1.77 bits per heavy atom. The van der Waals surface area contributed by atoms with Gasteiger partial charge in [-0.1, -0.05) is 6.08 Å². The molecule has 2 aliphatic heterocycles. The molecule has 48 heavy (non-hydrogen) atoms. The van der Waals surface area contributed by atoms with E-state index in [1.54, 1.807) is 19.9 Å². The maximum atomic E-state index is 13.4. The van der Waals surface area contributed by atoms with Crippen molar-refractivity contribution in [3.05, 3.63) is 70.8 Å². The summed E-state index contributed by atoms with van der Waals surface area (Å²) in [6.07, 6.45) is 10.5. The normalized spacial score (nSPS) is 16.9. The summed E-state index contributed by atoms with van der Waals surface area (Å²) >= 11 is 0. The van der Waals surface area contributed by atoms with E-state index in [2.05, 4.69) is 50.8 Å². The van der Waals surface area contributed by atoms with Crippen molar-refractivity contribution in [2.45, 2.75) is 70.9 Å². The van der Waals surface area contributed by atoms with Crippen LogP contribution in [0, 0.1) is 5.41 Å². The second-order valence-corrected chi connectivity index (χ2v) is 14.0. The van der Waals surface area contributed by atoms with E-state index in [1.807, 2.05) is 6.07 Å². The molecule has 1 aromatic carbocycles. The van der Waals surface area contributed by atoms with Crippen molar-refractivity contribution in [1.82, 2.24) is 29.2 Å². The summed E-state index contributed by atoms with van der Waals surface area (Å²) in [7, 11) is 2.22. The highest BCUT2D eigenvalue weighted by Crippen LogP contribution is 2.42. The number of nitrogens with zero attached hydrogens (tertiary/aromatic N) is 7. The van der Waals surface area contributed by atoms with Gasteiger partial charge in [-0.15, -0.1) is 6.58 Å². The van der Waals surface area contributed by atoms with Gasteiger partial charge in [-0.2, -0.15) is 4.98 Å². The van der Waals surface area contributed by atoms with E-state index in [0.717, 1.165) is 38.0 Å². The average molecular weight is 657 g/mol. The van der Waals surface area contributed by atoms with Gasteiger partial charge in [-0.3, -0.25) is 4.79 Å². The van der Waals surface area contributed by atoms with Crippen LogP contribution in [0.15, 0.2) is 54.0 Å². The van der Waals surface area contributed by atoms with Gasteiger partial charge in [-0.05, 0) is 108 Å². The number of fused-ring (bicyclic) bond motifs is 1. The van der Waals surface area contributed by atoms with Crippen LogP contribution >= 0.6 is 0 Å². The Morgan fingerprint density at radius 1 is 1.04 bits per heavy atom. The largest absolute Gasteiger partial charge is 0.508 e. The van der Waals surface area contributed by atoms with Crippen LogP contribution < -0.4 is 15.8 Å². The van der Waals surface area contributed by atoms with E-state index >= 15 is 0 Å². The first kappa shape index (κ1) is 33.6. The van der Waals surface area contributed by atoms with Crippen LogP contribution in [0.3, 0.4) is 0 Å². The zero-order chi connectivity index (χ0) is 34.1. The van der Waals surface area contributed by atoms with Crippen molar-refractivity contribution in [2.75, 3.05) is 50.1 Å². The van der Waals surface area contributed by atoms with Gasteiger partial charge in [0.15, 0.2) is 11.5 Å². The lowest BCUT2D eigenvalue weighted by Crippen LogP contribution is -2.46. The molecular formula is C36H48N8O4. The van der Waals surface area contributed by atoms with Crippen molar-refractivity contribution in [1.29, 1.82) is 0 Å². The minimum Gasteiger partial charge on any atom is -0.508 e. The third kappa shape index (κ3) is 6.96. The number of nitrogens with one attached hydrogen (secondary N) is 1. The van der Waals surface area contributed by atoms with Crippen LogP contribution in [0.5, 0.6) is 5.75 Å².